The van der Waals surface area contributed by atoms with Gasteiger partial charge < -0.3 is 4.74 Å². The van der Waals surface area contributed by atoms with E-state index in [-0.39, 0.29) is 11.4 Å². The van der Waals surface area contributed by atoms with Crippen molar-refractivity contribution in [2.75, 3.05) is 0 Å². The van der Waals surface area contributed by atoms with Gasteiger partial charge in [0.25, 0.3) is 0 Å². The second-order valence-electron chi connectivity index (χ2n) is 7.74. The van der Waals surface area contributed by atoms with Gasteiger partial charge in [-0.1, -0.05) is 60.7 Å². The van der Waals surface area contributed by atoms with Crippen molar-refractivity contribution in [3.63, 3.8) is 0 Å². The van der Waals surface area contributed by atoms with Crippen molar-refractivity contribution in [1.29, 1.82) is 0 Å². The third-order valence-corrected chi connectivity index (χ3v) is 5.55. The predicted octanol–water partition coefficient (Wildman–Crippen LogP) is 6.98. The molecule has 0 atom stereocenters. The molecule has 4 aromatic rings. The van der Waals surface area contributed by atoms with E-state index in [2.05, 4.69) is 24.3 Å². The lowest BCUT2D eigenvalue weighted by Gasteiger charge is -2.21. The number of fused-ring (bicyclic) bond motifs is 1. The first-order valence-electron chi connectivity index (χ1n) is 9.33. The number of hydrogen-bond donors (Lipinski definition) is 0. The Hall–Kier alpha value is -2.91. The zero-order valence-corrected chi connectivity index (χ0v) is 17.0. The zero-order chi connectivity index (χ0) is 19.7. The van der Waals surface area contributed by atoms with Crippen LogP contribution in [0, 0.1) is 0 Å². The lowest BCUT2D eigenvalue weighted by Crippen LogP contribution is -2.23. The number of rotatable bonds is 4. The first-order valence-corrected chi connectivity index (χ1v) is 10.1. The lowest BCUT2D eigenvalue weighted by molar-refractivity contribution is 0.103. The Morgan fingerprint density at radius 2 is 1.57 bits per heavy atom. The van der Waals surface area contributed by atoms with Gasteiger partial charge in [0.15, 0.2) is 0 Å². The molecule has 0 aliphatic carbocycles. The van der Waals surface area contributed by atoms with Crippen LogP contribution < -0.4 is 4.74 Å². The number of thiophene rings is 1. The Labute approximate surface area is 169 Å². The van der Waals surface area contributed by atoms with Crippen molar-refractivity contribution in [2.24, 2.45) is 0 Å². The molecule has 0 aliphatic heterocycles. The molecule has 0 N–H and O–H groups in total. The van der Waals surface area contributed by atoms with Crippen LogP contribution in [0.1, 0.15) is 36.0 Å². The molecular formula is C25H22O2S. The first kappa shape index (κ1) is 18.5. The molecule has 0 radical (unpaired) electrons. The molecule has 2 nitrogen and oxygen atoms in total. The van der Waals surface area contributed by atoms with Gasteiger partial charge in [-0.05, 0) is 44.5 Å². The minimum Gasteiger partial charge on any atom is -0.488 e. The van der Waals surface area contributed by atoms with Crippen LogP contribution in [0.5, 0.6) is 5.75 Å². The lowest BCUT2D eigenvalue weighted by atomic mass is 9.98. The molecule has 0 saturated heterocycles. The maximum absolute atomic E-state index is 13.5. The number of ether oxygens (including phenoxy) is 1. The molecule has 0 bridgehead atoms. The summed E-state index contributed by atoms with van der Waals surface area (Å²) in [6.45, 7) is 6.00. The highest BCUT2D eigenvalue weighted by Gasteiger charge is 2.21. The van der Waals surface area contributed by atoms with Crippen LogP contribution in [0.2, 0.25) is 0 Å². The standard InChI is InChI=1S/C25H22O2S/c1-25(2,3)27-19-13-9-12-18(16-19)23(26)24-22(17-10-5-4-6-11-17)20-14-7-8-15-21(20)28-24/h4-16H,1-3H3. The van der Waals surface area contributed by atoms with E-state index in [4.69, 9.17) is 4.74 Å². The molecule has 1 aromatic heterocycles. The van der Waals surface area contributed by atoms with Crippen LogP contribution in [0.15, 0.2) is 78.9 Å². The zero-order valence-electron chi connectivity index (χ0n) is 16.2. The number of carbonyl (C=O) groups excluding carboxylic acids is 1. The van der Waals surface area contributed by atoms with Gasteiger partial charge in [0.2, 0.25) is 5.78 Å². The summed E-state index contributed by atoms with van der Waals surface area (Å²) < 4.78 is 7.07. The maximum atomic E-state index is 13.5. The van der Waals surface area contributed by atoms with Gasteiger partial charge in [-0.3, -0.25) is 4.79 Å². The smallest absolute Gasteiger partial charge is 0.203 e. The SMILES string of the molecule is CC(C)(C)Oc1cccc(C(=O)c2sc3ccccc3c2-c2ccccc2)c1. The third-order valence-electron chi connectivity index (χ3n) is 4.38. The fourth-order valence-corrected chi connectivity index (χ4v) is 4.47. The van der Waals surface area contributed by atoms with Gasteiger partial charge in [0.1, 0.15) is 11.4 Å². The molecule has 0 saturated carbocycles. The summed E-state index contributed by atoms with van der Waals surface area (Å²) in [5, 5.41) is 1.11. The highest BCUT2D eigenvalue weighted by atomic mass is 32.1. The van der Waals surface area contributed by atoms with Crippen molar-refractivity contribution >= 4 is 27.2 Å². The van der Waals surface area contributed by atoms with E-state index in [9.17, 15) is 4.79 Å². The summed E-state index contributed by atoms with van der Waals surface area (Å²) in [7, 11) is 0. The second-order valence-corrected chi connectivity index (χ2v) is 8.79. The van der Waals surface area contributed by atoms with Gasteiger partial charge in [0.05, 0.1) is 4.88 Å². The van der Waals surface area contributed by atoms with Gasteiger partial charge in [-0.2, -0.15) is 0 Å². The van der Waals surface area contributed by atoms with E-state index in [0.29, 0.717) is 11.3 Å². The summed E-state index contributed by atoms with van der Waals surface area (Å²) in [6.07, 6.45) is 0. The van der Waals surface area contributed by atoms with E-state index in [1.165, 1.54) is 0 Å². The molecule has 0 spiro atoms. The van der Waals surface area contributed by atoms with Crippen molar-refractivity contribution in [3.05, 3.63) is 89.3 Å². The Kier molecular flexibility index (Phi) is 4.78. The molecule has 140 valence electrons. The summed E-state index contributed by atoms with van der Waals surface area (Å²) in [5.74, 6) is 0.736. The highest BCUT2D eigenvalue weighted by Crippen LogP contribution is 2.40. The Morgan fingerprint density at radius 1 is 0.857 bits per heavy atom. The fourth-order valence-electron chi connectivity index (χ4n) is 3.28. The normalized spacial score (nSPS) is 11.5. The molecule has 4 rings (SSSR count). The van der Waals surface area contributed by atoms with E-state index < -0.39 is 0 Å². The summed E-state index contributed by atoms with van der Waals surface area (Å²) in [4.78, 5) is 14.2. The molecule has 3 aromatic carbocycles. The Morgan fingerprint density at radius 3 is 2.32 bits per heavy atom. The number of ketones is 1. The summed E-state index contributed by atoms with van der Waals surface area (Å²) in [5.41, 5.74) is 2.40. The summed E-state index contributed by atoms with van der Waals surface area (Å²) in [6, 6.07) is 25.8. The monoisotopic (exact) mass is 386 g/mol. The molecule has 1 heterocycles. The van der Waals surface area contributed by atoms with Gasteiger partial charge in [-0.25, -0.2) is 0 Å². The van der Waals surface area contributed by atoms with E-state index in [1.807, 2.05) is 75.4 Å². The average Bonchev–Trinajstić information content (AvgIpc) is 3.06. The fraction of sp³-hybridized carbons (Fsp3) is 0.160. The molecule has 0 fully saturated rings. The van der Waals surface area contributed by atoms with Crippen molar-refractivity contribution in [3.8, 4) is 16.9 Å². The van der Waals surface area contributed by atoms with E-state index >= 15 is 0 Å². The Balaban J connectivity index is 1.84. The van der Waals surface area contributed by atoms with Crippen LogP contribution in [-0.4, -0.2) is 11.4 Å². The molecule has 0 aliphatic rings. The average molecular weight is 387 g/mol. The van der Waals surface area contributed by atoms with E-state index in [0.717, 1.165) is 26.1 Å². The van der Waals surface area contributed by atoms with E-state index in [1.54, 1.807) is 11.3 Å². The number of benzene rings is 3. The quantitative estimate of drug-likeness (QED) is 0.354. The predicted molar refractivity (Wildman–Crippen MR) is 118 cm³/mol. The number of hydrogen-bond acceptors (Lipinski definition) is 3. The molecule has 28 heavy (non-hydrogen) atoms. The van der Waals surface area contributed by atoms with Crippen LogP contribution in [0.3, 0.4) is 0 Å². The maximum Gasteiger partial charge on any atom is 0.203 e. The van der Waals surface area contributed by atoms with Crippen molar-refractivity contribution in [2.45, 2.75) is 26.4 Å². The highest BCUT2D eigenvalue weighted by molar-refractivity contribution is 7.21. The minimum atomic E-state index is -0.311. The second kappa shape index (κ2) is 7.25. The Bertz CT molecular complexity index is 1130. The molecular weight excluding hydrogens is 364 g/mol. The molecule has 0 unspecified atom stereocenters. The topological polar surface area (TPSA) is 26.3 Å². The van der Waals surface area contributed by atoms with Crippen LogP contribution >= 0.6 is 11.3 Å². The van der Waals surface area contributed by atoms with Gasteiger partial charge in [-0.15, -0.1) is 11.3 Å². The number of carbonyl (C=O) groups is 1. The van der Waals surface area contributed by atoms with Crippen LogP contribution in [0.25, 0.3) is 21.2 Å². The minimum absolute atomic E-state index is 0.0272. The van der Waals surface area contributed by atoms with Crippen LogP contribution in [-0.2, 0) is 0 Å². The molecule has 3 heteroatoms. The largest absolute Gasteiger partial charge is 0.488 e. The van der Waals surface area contributed by atoms with Crippen molar-refractivity contribution < 1.29 is 9.53 Å². The molecule has 0 amide bonds. The third kappa shape index (κ3) is 3.71. The summed E-state index contributed by atoms with van der Waals surface area (Å²) >= 11 is 1.55. The van der Waals surface area contributed by atoms with Gasteiger partial charge >= 0.3 is 0 Å². The van der Waals surface area contributed by atoms with Crippen LogP contribution in [0.4, 0.5) is 0 Å². The van der Waals surface area contributed by atoms with Gasteiger partial charge in [0, 0.05) is 21.2 Å². The van der Waals surface area contributed by atoms with Crippen molar-refractivity contribution in [1.82, 2.24) is 0 Å². The first-order chi connectivity index (χ1) is 13.4.